The molecule has 20 heteroatoms. The minimum Gasteiger partial charge on any atom is -0.440 e. The molecule has 4 heterocycles. The number of nitrogens with zero attached hydrogens (tertiary/aromatic N) is 4. The summed E-state index contributed by atoms with van der Waals surface area (Å²) in [6.07, 6.45) is -1.65. The number of aromatic nitrogens is 4. The van der Waals surface area contributed by atoms with Crippen molar-refractivity contribution in [3.8, 4) is 11.1 Å². The van der Waals surface area contributed by atoms with E-state index >= 15 is 0 Å². The van der Waals surface area contributed by atoms with Crippen molar-refractivity contribution in [3.05, 3.63) is 101 Å². The average molecular weight is 1050 g/mol. The Balaban J connectivity index is 0.988. The van der Waals surface area contributed by atoms with Gasteiger partial charge in [-0.05, 0) is 139 Å². The molecule has 0 radical (unpaired) electrons. The van der Waals surface area contributed by atoms with Crippen molar-refractivity contribution >= 4 is 51.6 Å². The van der Waals surface area contributed by atoms with Crippen LogP contribution in [0.25, 0.3) is 38.8 Å². The van der Waals surface area contributed by atoms with Crippen molar-refractivity contribution in [2.45, 2.75) is 129 Å². The Labute approximate surface area is 431 Å². The van der Waals surface area contributed by atoms with Gasteiger partial charge in [-0.25, -0.2) is 19.6 Å². The molecule has 2 aliphatic carbocycles. The molecule has 3 aromatic carbocycles. The van der Waals surface area contributed by atoms with E-state index in [9.17, 15) is 45.5 Å². The molecule has 2 saturated heterocycles. The normalized spacial score (nSPS) is 20.5. The number of rotatable bonds is 12. The molecule has 9 rings (SSSR count). The maximum Gasteiger partial charge on any atom is 0.422 e. The number of hydrogen-bond acceptors (Lipinski definition) is 8. The van der Waals surface area contributed by atoms with Crippen LogP contribution in [-0.2, 0) is 31.9 Å². The molecule has 14 nitrogen and oxygen atoms in total. The molecular formula is C55H64F6N8O6. The summed E-state index contributed by atoms with van der Waals surface area (Å²) in [7, 11) is 0. The van der Waals surface area contributed by atoms with E-state index in [-0.39, 0.29) is 5.92 Å². The molecule has 2 aromatic heterocycles. The van der Waals surface area contributed by atoms with Crippen LogP contribution >= 0.6 is 0 Å². The highest BCUT2D eigenvalue weighted by molar-refractivity contribution is 5.88. The summed E-state index contributed by atoms with van der Waals surface area (Å²) >= 11 is 0. The van der Waals surface area contributed by atoms with Crippen LogP contribution in [0.5, 0.6) is 0 Å². The van der Waals surface area contributed by atoms with Gasteiger partial charge in [-0.1, -0.05) is 77.1 Å². The van der Waals surface area contributed by atoms with Gasteiger partial charge in [-0.2, -0.15) is 26.3 Å². The Morgan fingerprint density at radius 3 is 1.76 bits per heavy atom. The summed E-state index contributed by atoms with van der Waals surface area (Å²) < 4.78 is 85.0. The predicted octanol–water partition coefficient (Wildman–Crippen LogP) is 11.6. The van der Waals surface area contributed by atoms with Crippen LogP contribution in [0.3, 0.4) is 0 Å². The fraction of sp³-hybridized carbons (Fsp3) is 0.491. The van der Waals surface area contributed by atoms with Crippen molar-refractivity contribution in [1.82, 2.24) is 40.4 Å². The van der Waals surface area contributed by atoms with Gasteiger partial charge in [0, 0.05) is 13.1 Å². The van der Waals surface area contributed by atoms with Gasteiger partial charge in [0.1, 0.15) is 23.7 Å². The van der Waals surface area contributed by atoms with E-state index in [1.54, 1.807) is 37.5 Å². The van der Waals surface area contributed by atoms with Crippen molar-refractivity contribution in [2.24, 2.45) is 17.8 Å². The number of nitrogens with one attached hydrogen (secondary N) is 4. The highest BCUT2D eigenvalue weighted by Crippen LogP contribution is 2.37. The van der Waals surface area contributed by atoms with Gasteiger partial charge in [0.05, 0.1) is 34.2 Å². The van der Waals surface area contributed by atoms with E-state index < -0.39 is 85.6 Å². The van der Waals surface area contributed by atoms with Gasteiger partial charge >= 0.3 is 24.5 Å². The number of H-pyrrole nitrogens is 2. The lowest BCUT2D eigenvalue weighted by atomic mass is 9.88. The lowest BCUT2D eigenvalue weighted by molar-refractivity contribution is -0.161. The number of likely N-dealkylation sites (tertiary alicyclic amines) is 2. The van der Waals surface area contributed by atoms with Crippen LogP contribution in [0.15, 0.2) is 72.3 Å². The lowest BCUT2D eigenvalue weighted by Gasteiger charge is -2.30. The number of allylic oxidation sites excluding steroid dienone is 4. The average Bonchev–Trinajstić information content (AvgIpc) is 4.20. The van der Waals surface area contributed by atoms with Crippen LogP contribution in [-0.4, -0.2) is 104 Å². The Bertz CT molecular complexity index is 2980. The van der Waals surface area contributed by atoms with Crippen molar-refractivity contribution in [2.75, 3.05) is 26.3 Å². The zero-order valence-electron chi connectivity index (χ0n) is 42.9. The van der Waals surface area contributed by atoms with E-state index in [4.69, 9.17) is 9.97 Å². The first kappa shape index (κ1) is 54.4. The van der Waals surface area contributed by atoms with Crippen molar-refractivity contribution in [1.29, 1.82) is 0 Å². The Kier molecular flexibility index (Phi) is 16.4. The monoisotopic (exact) mass is 1050 g/mol. The molecular weight excluding hydrogens is 983 g/mol. The topological polar surface area (TPSA) is 175 Å². The summed E-state index contributed by atoms with van der Waals surface area (Å²) in [6.45, 7) is 8.43. The van der Waals surface area contributed by atoms with E-state index in [1.165, 1.54) is 16.7 Å². The largest absolute Gasteiger partial charge is 0.440 e. The number of alkyl carbamates (subject to hydrolysis) is 2. The number of carbonyl (C=O) groups is 4. The van der Waals surface area contributed by atoms with Crippen molar-refractivity contribution in [3.63, 3.8) is 0 Å². The third-order valence-corrected chi connectivity index (χ3v) is 14.4. The van der Waals surface area contributed by atoms with E-state index in [0.29, 0.717) is 50.4 Å². The van der Waals surface area contributed by atoms with Crippen molar-refractivity contribution < 1.29 is 55.0 Å². The van der Waals surface area contributed by atoms with E-state index in [1.807, 2.05) is 18.2 Å². The third-order valence-electron chi connectivity index (χ3n) is 14.4. The van der Waals surface area contributed by atoms with Gasteiger partial charge < -0.3 is 39.9 Å². The first-order chi connectivity index (χ1) is 35.5. The predicted molar refractivity (Wildman–Crippen MR) is 271 cm³/mol. The Hall–Kier alpha value is -6.86. The second-order valence-electron chi connectivity index (χ2n) is 20.7. The second-order valence-corrected chi connectivity index (χ2v) is 20.7. The van der Waals surface area contributed by atoms with Gasteiger partial charge in [-0.15, -0.1) is 0 Å². The van der Waals surface area contributed by atoms with Gasteiger partial charge in [0.2, 0.25) is 11.8 Å². The quantitative estimate of drug-likeness (QED) is 0.0893. The highest BCUT2D eigenvalue weighted by atomic mass is 19.4. The third kappa shape index (κ3) is 13.2. The number of fused-ring (bicyclic) bond motifs is 10. The van der Waals surface area contributed by atoms with Gasteiger partial charge in [-0.3, -0.25) is 9.59 Å². The van der Waals surface area contributed by atoms with Gasteiger partial charge in [0.15, 0.2) is 13.2 Å². The van der Waals surface area contributed by atoms with E-state index in [2.05, 4.69) is 92.5 Å². The van der Waals surface area contributed by atoms with Crippen LogP contribution in [0, 0.1) is 17.8 Å². The maximum atomic E-state index is 13.9. The number of amides is 4. The Morgan fingerprint density at radius 1 is 0.693 bits per heavy atom. The minimum absolute atomic E-state index is 0.260. The minimum atomic E-state index is -4.70. The fourth-order valence-corrected chi connectivity index (χ4v) is 10.3. The summed E-state index contributed by atoms with van der Waals surface area (Å²) in [5.74, 6) is -0.254. The molecule has 5 atom stereocenters. The number of aryl methyl sites for hydroxylation is 2. The van der Waals surface area contributed by atoms with Crippen LogP contribution in [0.2, 0.25) is 0 Å². The van der Waals surface area contributed by atoms with Gasteiger partial charge in [0.25, 0.3) is 0 Å². The number of alkyl halides is 6. The summed E-state index contributed by atoms with van der Waals surface area (Å²) in [4.78, 5) is 72.3. The summed E-state index contributed by atoms with van der Waals surface area (Å²) in [5.41, 5.74) is 10.8. The zero-order chi connectivity index (χ0) is 53.9. The second kappa shape index (κ2) is 22.5. The number of benzene rings is 3. The molecule has 0 saturated carbocycles. The molecule has 4 aliphatic rings. The number of imidazole rings is 2. The lowest BCUT2D eigenvalue weighted by Crippen LogP contribution is -2.51. The first-order valence-corrected chi connectivity index (χ1v) is 25.6. The molecule has 4 N–H and O–H groups in total. The fourth-order valence-electron chi connectivity index (χ4n) is 10.3. The molecule has 0 unspecified atom stereocenters. The standard InChI is InChI=1S/C55H64F6N8O6/c1-30(2)46(66-52(72)74-28-54(56,57)58)50(70)68-23-7-9-44(68)48-62-40-21-19-37(26-42(40)64-48)33(6)35-15-11-32(5)12-16-36-18-14-34(13-17-35)25-39(36)38-20-22-41-43(27-38)65-49(63-41)45-10-8-24-69(45)51(71)47(31(3)4)67-53(73)75-29-55(59,60)61/h11,14-15,18-22,25-27,30-32,44-47H,7-10,12-13,16-17,23-24,28-29H2,1-6H3,(H,62,64)(H,63,65)(H,66,72)(H,67,73)/b15-11-,35-33-/t32-,44-,45-,46-,47-/m0/s1. The first-order valence-electron chi connectivity index (χ1n) is 25.6. The van der Waals surface area contributed by atoms with Crippen LogP contribution in [0.1, 0.15) is 120 Å². The van der Waals surface area contributed by atoms with Crippen LogP contribution in [0.4, 0.5) is 35.9 Å². The SMILES string of the molecule is C/C(=C1\C=C/[C@H](C)CCc2ccc(cc2-c2ccc3nc([C@@H]4CCCN4C(=O)[C@@H](NC(=O)OCC(F)(F)F)C(C)C)[nH]c3c2)CC1)c1ccc2nc([C@@H]3CCCN3C(=O)[C@@H](NC(=O)OCC(F)(F)F)C(C)C)[nH]c2c1. The number of ether oxygens (including phenoxy) is 2. The molecule has 2 aliphatic heterocycles. The molecule has 75 heavy (non-hydrogen) atoms. The maximum absolute atomic E-state index is 13.9. The molecule has 402 valence electrons. The van der Waals surface area contributed by atoms with Crippen LogP contribution < -0.4 is 10.6 Å². The molecule has 5 aromatic rings. The number of hydrogen-bond donors (Lipinski definition) is 4. The molecule has 2 bridgehead atoms. The number of carbonyl (C=O) groups excluding carboxylic acids is 4. The zero-order valence-corrected chi connectivity index (χ0v) is 42.9. The van der Waals surface area contributed by atoms with E-state index in [0.717, 1.165) is 70.0 Å². The number of halogens is 6. The summed E-state index contributed by atoms with van der Waals surface area (Å²) in [6, 6.07) is 15.8. The molecule has 0 spiro atoms. The smallest absolute Gasteiger partial charge is 0.422 e. The molecule has 2 fully saturated rings. The highest BCUT2D eigenvalue weighted by Gasteiger charge is 2.40. The Morgan fingerprint density at radius 2 is 1.23 bits per heavy atom. The molecule has 4 amide bonds. The summed E-state index contributed by atoms with van der Waals surface area (Å²) in [5, 5.41) is 4.70. The number of aromatic amines is 2.